The summed E-state index contributed by atoms with van der Waals surface area (Å²) in [5.74, 6) is -0.0264. The molecule has 86 valence electrons. The molecule has 0 amide bonds. The van der Waals surface area contributed by atoms with Crippen LogP contribution < -0.4 is 0 Å². The van der Waals surface area contributed by atoms with Crippen LogP contribution in [0.5, 0.6) is 0 Å². The summed E-state index contributed by atoms with van der Waals surface area (Å²) in [6.45, 7) is 2.01. The summed E-state index contributed by atoms with van der Waals surface area (Å²) in [6.07, 6.45) is 7.51. The van der Waals surface area contributed by atoms with Crippen molar-refractivity contribution in [1.29, 1.82) is 0 Å². The Labute approximate surface area is 101 Å². The lowest BCUT2D eigenvalue weighted by atomic mass is 9.90. The third-order valence-corrected chi connectivity index (χ3v) is 2.76. The molecule has 3 heteroatoms. The zero-order chi connectivity index (χ0) is 12.1. The molecule has 0 radical (unpaired) electrons. The quantitative estimate of drug-likeness (QED) is 0.753. The number of carbonyl (C=O) groups excluding carboxylic acids is 1. The second kappa shape index (κ2) is 5.34. The molecule has 0 saturated heterocycles. The van der Waals surface area contributed by atoms with Gasteiger partial charge < -0.3 is 0 Å². The second-order valence-electron chi connectivity index (χ2n) is 3.85. The molecule has 2 heterocycles. The molecule has 0 saturated carbocycles. The summed E-state index contributed by atoms with van der Waals surface area (Å²) in [5.41, 5.74) is 1.62. The molecule has 2 aromatic heterocycles. The number of Topliss-reactive ketones (excluding diaryl/α,β-unsaturated/α-hetero) is 1. The first-order valence-electron chi connectivity index (χ1n) is 5.67. The van der Waals surface area contributed by atoms with E-state index in [-0.39, 0.29) is 11.7 Å². The van der Waals surface area contributed by atoms with Crippen LogP contribution in [0.3, 0.4) is 0 Å². The molecule has 0 aliphatic heterocycles. The van der Waals surface area contributed by atoms with Crippen LogP contribution in [0, 0.1) is 0 Å². The van der Waals surface area contributed by atoms with Crippen molar-refractivity contribution in [3.63, 3.8) is 0 Å². The van der Waals surface area contributed by atoms with Gasteiger partial charge >= 0.3 is 0 Å². The lowest BCUT2D eigenvalue weighted by Gasteiger charge is -2.13. The monoisotopic (exact) mass is 226 g/mol. The molecule has 0 spiro atoms. The summed E-state index contributed by atoms with van der Waals surface area (Å²) in [5, 5.41) is 0. The average molecular weight is 226 g/mol. The van der Waals surface area contributed by atoms with Gasteiger partial charge in [-0.05, 0) is 30.2 Å². The van der Waals surface area contributed by atoms with E-state index < -0.39 is 0 Å². The van der Waals surface area contributed by atoms with Crippen molar-refractivity contribution in [2.45, 2.75) is 19.3 Å². The van der Waals surface area contributed by atoms with Crippen LogP contribution in [-0.4, -0.2) is 15.8 Å². The van der Waals surface area contributed by atoms with Crippen molar-refractivity contribution in [2.24, 2.45) is 0 Å². The smallest absolute Gasteiger partial charge is 0.171 e. The Bertz CT molecular complexity index is 482. The lowest BCUT2D eigenvalue weighted by Crippen LogP contribution is -2.12. The highest BCUT2D eigenvalue weighted by Gasteiger charge is 2.20. The van der Waals surface area contributed by atoms with Crippen LogP contribution in [0.1, 0.15) is 35.2 Å². The van der Waals surface area contributed by atoms with Crippen LogP contribution in [0.25, 0.3) is 0 Å². The predicted molar refractivity (Wildman–Crippen MR) is 65.8 cm³/mol. The minimum absolute atomic E-state index is 0.105. The fourth-order valence-corrected chi connectivity index (χ4v) is 1.86. The Morgan fingerprint density at radius 3 is 2.41 bits per heavy atom. The van der Waals surface area contributed by atoms with E-state index in [1.165, 1.54) is 0 Å². The largest absolute Gasteiger partial charge is 0.293 e. The van der Waals surface area contributed by atoms with Gasteiger partial charge in [-0.15, -0.1) is 0 Å². The van der Waals surface area contributed by atoms with Crippen molar-refractivity contribution >= 4 is 5.78 Å². The van der Waals surface area contributed by atoms with Gasteiger partial charge in [-0.3, -0.25) is 14.8 Å². The summed E-state index contributed by atoms with van der Waals surface area (Å²) in [6, 6.07) is 7.38. The Kier molecular flexibility index (Phi) is 3.60. The molecule has 3 nitrogen and oxygen atoms in total. The van der Waals surface area contributed by atoms with E-state index in [9.17, 15) is 4.79 Å². The molecule has 2 aromatic rings. The lowest BCUT2D eigenvalue weighted by molar-refractivity contribution is 0.0957. The summed E-state index contributed by atoms with van der Waals surface area (Å²) in [4.78, 5) is 20.3. The third-order valence-electron chi connectivity index (χ3n) is 2.76. The molecule has 0 aromatic carbocycles. The second-order valence-corrected chi connectivity index (χ2v) is 3.85. The standard InChI is InChI=1S/C14H14N2O/c1-2-13(11-5-3-7-15-9-11)14(17)12-6-4-8-16-10-12/h3-10,13H,2H2,1H3. The summed E-state index contributed by atoms with van der Waals surface area (Å²) in [7, 11) is 0. The molecular weight excluding hydrogens is 212 g/mol. The minimum atomic E-state index is -0.132. The van der Waals surface area contributed by atoms with Gasteiger partial charge in [0.1, 0.15) is 0 Å². The van der Waals surface area contributed by atoms with Crippen LogP contribution in [0.15, 0.2) is 49.1 Å². The number of nitrogens with zero attached hydrogens (tertiary/aromatic N) is 2. The van der Waals surface area contributed by atoms with E-state index in [2.05, 4.69) is 9.97 Å². The maximum atomic E-state index is 12.3. The molecular formula is C14H14N2O. The Balaban J connectivity index is 2.29. The van der Waals surface area contributed by atoms with Gasteiger partial charge in [0.15, 0.2) is 5.78 Å². The van der Waals surface area contributed by atoms with Gasteiger partial charge in [-0.1, -0.05) is 13.0 Å². The summed E-state index contributed by atoms with van der Waals surface area (Å²) < 4.78 is 0. The number of hydrogen-bond acceptors (Lipinski definition) is 3. The van der Waals surface area contributed by atoms with E-state index in [1.54, 1.807) is 36.9 Å². The molecule has 0 fully saturated rings. The first kappa shape index (κ1) is 11.5. The molecule has 0 aliphatic carbocycles. The fraction of sp³-hybridized carbons (Fsp3) is 0.214. The maximum absolute atomic E-state index is 12.3. The Hall–Kier alpha value is -2.03. The highest BCUT2D eigenvalue weighted by molar-refractivity contribution is 6.00. The Morgan fingerprint density at radius 1 is 1.18 bits per heavy atom. The molecule has 2 rings (SSSR count). The van der Waals surface area contributed by atoms with Gasteiger partial charge in [0.05, 0.1) is 0 Å². The number of pyridine rings is 2. The number of aromatic nitrogens is 2. The molecule has 0 aliphatic rings. The highest BCUT2D eigenvalue weighted by Crippen LogP contribution is 2.22. The highest BCUT2D eigenvalue weighted by atomic mass is 16.1. The van der Waals surface area contributed by atoms with Crippen molar-refractivity contribution < 1.29 is 4.79 Å². The van der Waals surface area contributed by atoms with E-state index in [0.717, 1.165) is 12.0 Å². The molecule has 17 heavy (non-hydrogen) atoms. The van der Waals surface area contributed by atoms with E-state index in [4.69, 9.17) is 0 Å². The van der Waals surface area contributed by atoms with Crippen molar-refractivity contribution in [3.8, 4) is 0 Å². The van der Waals surface area contributed by atoms with E-state index in [1.807, 2.05) is 19.1 Å². The maximum Gasteiger partial charge on any atom is 0.171 e. The van der Waals surface area contributed by atoms with Crippen molar-refractivity contribution in [3.05, 3.63) is 60.2 Å². The number of carbonyl (C=O) groups is 1. The Morgan fingerprint density at radius 2 is 1.88 bits per heavy atom. The first-order valence-corrected chi connectivity index (χ1v) is 5.67. The summed E-state index contributed by atoms with van der Waals surface area (Å²) >= 11 is 0. The average Bonchev–Trinajstić information content (AvgIpc) is 2.42. The normalized spacial score (nSPS) is 12.1. The zero-order valence-corrected chi connectivity index (χ0v) is 9.71. The van der Waals surface area contributed by atoms with Crippen LogP contribution in [0.2, 0.25) is 0 Å². The van der Waals surface area contributed by atoms with Crippen molar-refractivity contribution in [1.82, 2.24) is 9.97 Å². The number of ketones is 1. The van der Waals surface area contributed by atoms with Gasteiger partial charge in [-0.25, -0.2) is 0 Å². The minimum Gasteiger partial charge on any atom is -0.293 e. The zero-order valence-electron chi connectivity index (χ0n) is 9.71. The van der Waals surface area contributed by atoms with E-state index in [0.29, 0.717) is 5.56 Å². The van der Waals surface area contributed by atoms with E-state index >= 15 is 0 Å². The topological polar surface area (TPSA) is 42.9 Å². The number of rotatable bonds is 4. The predicted octanol–water partition coefficient (Wildman–Crippen LogP) is 2.85. The van der Waals surface area contributed by atoms with Gasteiger partial charge in [0.25, 0.3) is 0 Å². The van der Waals surface area contributed by atoms with Gasteiger partial charge in [0, 0.05) is 36.3 Å². The van der Waals surface area contributed by atoms with Gasteiger partial charge in [-0.2, -0.15) is 0 Å². The molecule has 0 N–H and O–H groups in total. The third kappa shape index (κ3) is 2.56. The molecule has 0 bridgehead atoms. The van der Waals surface area contributed by atoms with Crippen LogP contribution in [0.4, 0.5) is 0 Å². The number of hydrogen-bond donors (Lipinski definition) is 0. The molecule has 1 unspecified atom stereocenters. The van der Waals surface area contributed by atoms with Crippen LogP contribution >= 0.6 is 0 Å². The SMILES string of the molecule is CCC(C(=O)c1cccnc1)c1cccnc1. The van der Waals surface area contributed by atoms with Crippen LogP contribution in [-0.2, 0) is 0 Å². The first-order chi connectivity index (χ1) is 8.33. The fourth-order valence-electron chi connectivity index (χ4n) is 1.86. The molecule has 1 atom stereocenters. The van der Waals surface area contributed by atoms with Crippen molar-refractivity contribution in [2.75, 3.05) is 0 Å². The van der Waals surface area contributed by atoms with Gasteiger partial charge in [0.2, 0.25) is 0 Å².